The Morgan fingerprint density at radius 2 is 1.90 bits per heavy atom. The van der Waals surface area contributed by atoms with Crippen LogP contribution >= 0.6 is 11.6 Å². The summed E-state index contributed by atoms with van der Waals surface area (Å²) in [6.07, 6.45) is 6.40. The molecule has 0 unspecified atom stereocenters. The number of rotatable bonds is 6. The number of nitrogens with one attached hydrogen (secondary N) is 1. The fraction of sp³-hybridized carbons (Fsp3) is 0.588. The van der Waals surface area contributed by atoms with Gasteiger partial charge in [-0.1, -0.05) is 36.6 Å². The number of carbonyl (C=O) groups excluding carboxylic acids is 1. The minimum Gasteiger partial charge on any atom is -0.343 e. The Bertz CT molecular complexity index is 442. The lowest BCUT2D eigenvalue weighted by Crippen LogP contribution is -2.34. The largest absolute Gasteiger partial charge is 0.343 e. The van der Waals surface area contributed by atoms with Crippen LogP contribution in [0.25, 0.3) is 0 Å². The van der Waals surface area contributed by atoms with Gasteiger partial charge in [0.25, 0.3) is 0 Å². The van der Waals surface area contributed by atoms with E-state index in [1.165, 1.54) is 18.4 Å². The maximum Gasteiger partial charge on any atom is 0.223 e. The highest BCUT2D eigenvalue weighted by Gasteiger charge is 2.14. The number of hydrogen-bond acceptors (Lipinski definition) is 2. The third-order valence-electron chi connectivity index (χ3n) is 3.95. The summed E-state index contributed by atoms with van der Waals surface area (Å²) in [6.45, 7) is 3.53. The van der Waals surface area contributed by atoms with Crippen molar-refractivity contribution < 1.29 is 4.79 Å². The zero-order chi connectivity index (χ0) is 14.9. The highest BCUT2D eigenvalue weighted by molar-refractivity contribution is 6.30. The normalized spacial score (nSPS) is 15.8. The molecule has 4 heteroatoms. The van der Waals surface area contributed by atoms with Gasteiger partial charge in [-0.3, -0.25) is 4.79 Å². The number of hydrogen-bond donors (Lipinski definition) is 1. The van der Waals surface area contributed by atoms with Crippen molar-refractivity contribution in [1.29, 1.82) is 0 Å². The Kier molecular flexibility index (Phi) is 7.04. The van der Waals surface area contributed by atoms with E-state index < -0.39 is 0 Å². The second-order valence-corrected chi connectivity index (χ2v) is 6.11. The lowest BCUT2D eigenvalue weighted by molar-refractivity contribution is -0.131. The maximum atomic E-state index is 12.1. The predicted molar refractivity (Wildman–Crippen MR) is 87.7 cm³/mol. The average Bonchev–Trinajstić information content (AvgIpc) is 2.76. The third kappa shape index (κ3) is 6.06. The highest BCUT2D eigenvalue weighted by Crippen LogP contribution is 2.11. The highest BCUT2D eigenvalue weighted by atomic mass is 35.5. The molecule has 1 aromatic carbocycles. The number of likely N-dealkylation sites (tertiary alicyclic amines) is 1. The van der Waals surface area contributed by atoms with Crippen LogP contribution in [-0.2, 0) is 11.2 Å². The molecule has 0 atom stereocenters. The van der Waals surface area contributed by atoms with Gasteiger partial charge in [0.1, 0.15) is 0 Å². The first kappa shape index (κ1) is 16.3. The SMILES string of the molecule is O=C(CCNCCc1cccc(Cl)c1)N1CCCCCC1. The van der Waals surface area contributed by atoms with Crippen molar-refractivity contribution in [3.05, 3.63) is 34.9 Å². The minimum atomic E-state index is 0.298. The van der Waals surface area contributed by atoms with Crippen molar-refractivity contribution in [1.82, 2.24) is 10.2 Å². The molecule has 0 saturated carbocycles. The lowest BCUT2D eigenvalue weighted by Gasteiger charge is -2.20. The fourth-order valence-electron chi connectivity index (χ4n) is 2.72. The van der Waals surface area contributed by atoms with Gasteiger partial charge in [0.05, 0.1) is 0 Å². The van der Waals surface area contributed by atoms with Crippen LogP contribution in [0.2, 0.25) is 5.02 Å². The zero-order valence-electron chi connectivity index (χ0n) is 12.6. The first-order valence-electron chi connectivity index (χ1n) is 7.98. The van der Waals surface area contributed by atoms with E-state index in [1.54, 1.807) is 0 Å². The molecule has 1 aliphatic heterocycles. The molecule has 0 aromatic heterocycles. The van der Waals surface area contributed by atoms with Gasteiger partial charge < -0.3 is 10.2 Å². The molecule has 1 saturated heterocycles. The Morgan fingerprint density at radius 1 is 1.14 bits per heavy atom. The van der Waals surface area contributed by atoms with Crippen molar-refractivity contribution >= 4 is 17.5 Å². The van der Waals surface area contributed by atoms with Crippen LogP contribution in [0.3, 0.4) is 0 Å². The summed E-state index contributed by atoms with van der Waals surface area (Å²) >= 11 is 5.96. The van der Waals surface area contributed by atoms with E-state index in [0.717, 1.165) is 50.5 Å². The van der Waals surface area contributed by atoms with Crippen LogP contribution in [0.5, 0.6) is 0 Å². The van der Waals surface area contributed by atoms with Crippen molar-refractivity contribution in [2.45, 2.75) is 38.5 Å². The minimum absolute atomic E-state index is 0.298. The molecular formula is C17H25ClN2O. The Hall–Kier alpha value is -1.06. The molecule has 116 valence electrons. The lowest BCUT2D eigenvalue weighted by atomic mass is 10.1. The van der Waals surface area contributed by atoms with E-state index in [9.17, 15) is 4.79 Å². The molecule has 21 heavy (non-hydrogen) atoms. The topological polar surface area (TPSA) is 32.3 Å². The summed E-state index contributed by atoms with van der Waals surface area (Å²) in [4.78, 5) is 14.1. The molecule has 1 aliphatic rings. The molecule has 1 N–H and O–H groups in total. The summed E-state index contributed by atoms with van der Waals surface area (Å²) < 4.78 is 0. The van der Waals surface area contributed by atoms with Gasteiger partial charge in [-0.05, 0) is 43.5 Å². The van der Waals surface area contributed by atoms with Crippen molar-refractivity contribution in [2.24, 2.45) is 0 Å². The third-order valence-corrected chi connectivity index (χ3v) is 4.19. The van der Waals surface area contributed by atoms with Gasteiger partial charge in [-0.25, -0.2) is 0 Å². The number of nitrogens with zero attached hydrogens (tertiary/aromatic N) is 1. The van der Waals surface area contributed by atoms with Gasteiger partial charge in [0.2, 0.25) is 5.91 Å². The molecule has 1 heterocycles. The summed E-state index contributed by atoms with van der Waals surface area (Å²) in [5.41, 5.74) is 1.23. The second kappa shape index (κ2) is 9.06. The molecule has 3 nitrogen and oxygen atoms in total. The molecule has 1 aromatic rings. The van der Waals surface area contributed by atoms with Crippen molar-refractivity contribution in [3.63, 3.8) is 0 Å². The summed E-state index contributed by atoms with van der Waals surface area (Å²) in [5, 5.41) is 4.13. The van der Waals surface area contributed by atoms with E-state index in [-0.39, 0.29) is 0 Å². The van der Waals surface area contributed by atoms with Gasteiger partial charge >= 0.3 is 0 Å². The number of carbonyl (C=O) groups is 1. The first-order chi connectivity index (χ1) is 10.3. The van der Waals surface area contributed by atoms with E-state index >= 15 is 0 Å². The van der Waals surface area contributed by atoms with Crippen LogP contribution in [0.15, 0.2) is 24.3 Å². The fourth-order valence-corrected chi connectivity index (χ4v) is 2.94. The molecule has 0 spiro atoms. The Morgan fingerprint density at radius 3 is 2.62 bits per heavy atom. The smallest absolute Gasteiger partial charge is 0.223 e. The van der Waals surface area contributed by atoms with Crippen LogP contribution in [0.1, 0.15) is 37.7 Å². The van der Waals surface area contributed by atoms with Crippen molar-refractivity contribution in [2.75, 3.05) is 26.2 Å². The molecule has 1 amide bonds. The Balaban J connectivity index is 1.59. The number of benzene rings is 1. The Labute approximate surface area is 132 Å². The molecule has 1 fully saturated rings. The van der Waals surface area contributed by atoms with E-state index in [2.05, 4.69) is 11.4 Å². The summed E-state index contributed by atoms with van der Waals surface area (Å²) in [6, 6.07) is 7.93. The predicted octanol–water partition coefficient (Wildman–Crippen LogP) is 3.26. The van der Waals surface area contributed by atoms with Gasteiger partial charge in [-0.2, -0.15) is 0 Å². The van der Waals surface area contributed by atoms with Crippen LogP contribution in [-0.4, -0.2) is 37.0 Å². The molecular weight excluding hydrogens is 284 g/mol. The van der Waals surface area contributed by atoms with Crippen LogP contribution < -0.4 is 5.32 Å². The average molecular weight is 309 g/mol. The standard InChI is InChI=1S/C17H25ClN2O/c18-16-7-5-6-15(14-16)8-10-19-11-9-17(21)20-12-3-1-2-4-13-20/h5-7,14,19H,1-4,8-13H2. The van der Waals surface area contributed by atoms with Gasteiger partial charge in [-0.15, -0.1) is 0 Å². The molecule has 0 bridgehead atoms. The van der Waals surface area contributed by atoms with Gasteiger partial charge in [0, 0.05) is 31.1 Å². The maximum absolute atomic E-state index is 12.1. The first-order valence-corrected chi connectivity index (χ1v) is 8.36. The summed E-state index contributed by atoms with van der Waals surface area (Å²) in [5.74, 6) is 0.298. The van der Waals surface area contributed by atoms with Crippen molar-refractivity contribution in [3.8, 4) is 0 Å². The molecule has 2 rings (SSSR count). The molecule has 0 aliphatic carbocycles. The van der Waals surface area contributed by atoms with E-state index in [4.69, 9.17) is 11.6 Å². The second-order valence-electron chi connectivity index (χ2n) is 5.67. The van der Waals surface area contributed by atoms with Crippen LogP contribution in [0, 0.1) is 0 Å². The molecule has 0 radical (unpaired) electrons. The van der Waals surface area contributed by atoms with E-state index in [1.807, 2.05) is 23.1 Å². The summed E-state index contributed by atoms with van der Waals surface area (Å²) in [7, 11) is 0. The number of halogens is 1. The number of amides is 1. The zero-order valence-corrected chi connectivity index (χ0v) is 13.4. The van der Waals surface area contributed by atoms with Crippen LogP contribution in [0.4, 0.5) is 0 Å². The van der Waals surface area contributed by atoms with Gasteiger partial charge in [0.15, 0.2) is 0 Å². The quantitative estimate of drug-likeness (QED) is 0.818. The van der Waals surface area contributed by atoms with E-state index in [0.29, 0.717) is 12.3 Å². The monoisotopic (exact) mass is 308 g/mol.